The summed E-state index contributed by atoms with van der Waals surface area (Å²) >= 11 is 0. The van der Waals surface area contributed by atoms with Crippen LogP contribution in [0.15, 0.2) is 48.5 Å². The Morgan fingerprint density at radius 1 is 1.07 bits per heavy atom. The molecule has 2 N–H and O–H groups in total. The van der Waals surface area contributed by atoms with E-state index in [-0.39, 0.29) is 11.8 Å². The van der Waals surface area contributed by atoms with Crippen LogP contribution in [-0.4, -0.2) is 56.5 Å². The van der Waals surface area contributed by atoms with Crippen molar-refractivity contribution in [1.29, 1.82) is 0 Å². The molecule has 0 aromatic heterocycles. The van der Waals surface area contributed by atoms with Gasteiger partial charge in [-0.2, -0.15) is 0 Å². The quantitative estimate of drug-likeness (QED) is 0.836. The van der Waals surface area contributed by atoms with Gasteiger partial charge in [-0.15, -0.1) is 0 Å². The maximum atomic E-state index is 12.9. The summed E-state index contributed by atoms with van der Waals surface area (Å²) in [5, 5.41) is 2.87. The molecule has 6 heteroatoms. The van der Waals surface area contributed by atoms with Crippen LogP contribution in [-0.2, 0) is 0 Å². The van der Waals surface area contributed by atoms with Crippen LogP contribution in [0, 0.1) is 0 Å². The van der Waals surface area contributed by atoms with Gasteiger partial charge in [0.15, 0.2) is 0 Å². The molecule has 0 saturated carbocycles. The molecule has 142 valence electrons. The van der Waals surface area contributed by atoms with E-state index in [0.29, 0.717) is 23.4 Å². The Morgan fingerprint density at radius 3 is 2.41 bits per heavy atom. The minimum atomic E-state index is -0.249. The molecule has 0 unspecified atom stereocenters. The highest BCUT2D eigenvalue weighted by Crippen LogP contribution is 2.19. The molecule has 2 aromatic rings. The summed E-state index contributed by atoms with van der Waals surface area (Å²) in [6.45, 7) is 5.82. The first-order chi connectivity index (χ1) is 13.1. The Kier molecular flexibility index (Phi) is 6.08. The van der Waals surface area contributed by atoms with E-state index >= 15 is 0 Å². The number of anilines is 1. The van der Waals surface area contributed by atoms with Gasteiger partial charge in [-0.25, -0.2) is 0 Å². The maximum Gasteiger partial charge on any atom is 0.256 e. The molecule has 6 nitrogen and oxygen atoms in total. The second kappa shape index (κ2) is 8.68. The van der Waals surface area contributed by atoms with Gasteiger partial charge >= 0.3 is 0 Å². The molecule has 2 aromatic carbocycles. The summed E-state index contributed by atoms with van der Waals surface area (Å²) in [6.07, 6.45) is 0. The van der Waals surface area contributed by atoms with Gasteiger partial charge in [0, 0.05) is 5.56 Å². The zero-order chi connectivity index (χ0) is 19.2. The molecule has 1 aliphatic rings. The van der Waals surface area contributed by atoms with Gasteiger partial charge in [0.2, 0.25) is 0 Å². The van der Waals surface area contributed by atoms with E-state index in [1.165, 1.54) is 4.90 Å². The normalized spacial score (nSPS) is 14.7. The Labute approximate surface area is 159 Å². The first-order valence-corrected chi connectivity index (χ1v) is 9.32. The number of quaternary nitrogens is 1. The highest BCUT2D eigenvalue weighted by molar-refractivity contribution is 6.09. The summed E-state index contributed by atoms with van der Waals surface area (Å²) in [4.78, 5) is 28.8. The third kappa shape index (κ3) is 4.65. The van der Waals surface area contributed by atoms with Crippen LogP contribution >= 0.6 is 0 Å². The summed E-state index contributed by atoms with van der Waals surface area (Å²) in [5.41, 5.74) is 1.58. The molecule has 1 aliphatic heterocycles. The number of carbonyl (C=O) groups excluding carboxylic acids is 2. The van der Waals surface area contributed by atoms with Crippen molar-refractivity contribution in [3.63, 3.8) is 0 Å². The Morgan fingerprint density at radius 2 is 1.74 bits per heavy atom. The lowest BCUT2D eigenvalue weighted by Crippen LogP contribution is -3.12. The Bertz CT molecular complexity index is 797. The van der Waals surface area contributed by atoms with Gasteiger partial charge in [0.25, 0.3) is 11.8 Å². The highest BCUT2D eigenvalue weighted by Gasteiger charge is 2.24. The van der Waals surface area contributed by atoms with E-state index in [9.17, 15) is 9.59 Å². The molecule has 1 heterocycles. The molecule has 3 rings (SSSR count). The van der Waals surface area contributed by atoms with Crippen molar-refractivity contribution in [3.8, 4) is 5.75 Å². The number of hydrogen-bond acceptors (Lipinski definition) is 3. The molecule has 27 heavy (non-hydrogen) atoms. The first-order valence-electron chi connectivity index (χ1n) is 9.32. The SMILES string of the molecule is CCOc1ccc(C(=O)Nc2ccccc2C(=O)N2CC[NH+](C)CC2)cc1. The van der Waals surface area contributed by atoms with E-state index in [1.807, 2.05) is 24.0 Å². The van der Waals surface area contributed by atoms with Gasteiger partial charge in [-0.05, 0) is 43.3 Å². The Balaban J connectivity index is 1.73. The molecule has 0 radical (unpaired) electrons. The second-order valence-electron chi connectivity index (χ2n) is 6.71. The van der Waals surface area contributed by atoms with E-state index < -0.39 is 0 Å². The van der Waals surface area contributed by atoms with E-state index in [2.05, 4.69) is 12.4 Å². The standard InChI is InChI=1S/C21H25N3O3/c1-3-27-17-10-8-16(9-11-17)20(25)22-19-7-5-4-6-18(19)21(26)24-14-12-23(2)13-15-24/h4-11H,3,12-15H2,1-2H3,(H,22,25)/p+1. The van der Waals surface area contributed by atoms with Crippen molar-refractivity contribution in [3.05, 3.63) is 59.7 Å². The van der Waals surface area contributed by atoms with Crippen LogP contribution in [0.25, 0.3) is 0 Å². The smallest absolute Gasteiger partial charge is 0.256 e. The van der Waals surface area contributed by atoms with E-state index in [1.54, 1.807) is 36.4 Å². The summed E-state index contributed by atoms with van der Waals surface area (Å²) < 4.78 is 5.40. The largest absolute Gasteiger partial charge is 0.494 e. The molecule has 0 atom stereocenters. The fourth-order valence-corrected chi connectivity index (χ4v) is 3.10. The van der Waals surface area contributed by atoms with Crippen molar-refractivity contribution in [2.24, 2.45) is 0 Å². The fraction of sp³-hybridized carbons (Fsp3) is 0.333. The molecule has 0 bridgehead atoms. The molecule has 0 aliphatic carbocycles. The van der Waals surface area contributed by atoms with Crippen molar-refractivity contribution in [2.75, 3.05) is 45.2 Å². The molecule has 2 amide bonds. The van der Waals surface area contributed by atoms with Crippen LogP contribution in [0.2, 0.25) is 0 Å². The third-order valence-corrected chi connectivity index (χ3v) is 4.74. The lowest BCUT2D eigenvalue weighted by Gasteiger charge is -2.30. The summed E-state index contributed by atoms with van der Waals surface area (Å²) in [6, 6.07) is 14.1. The number of ether oxygens (including phenoxy) is 1. The van der Waals surface area contributed by atoms with Gasteiger partial charge in [0.05, 0.1) is 51.1 Å². The van der Waals surface area contributed by atoms with E-state index in [4.69, 9.17) is 4.74 Å². The molecule has 0 spiro atoms. The molecule has 1 fully saturated rings. The van der Waals surface area contributed by atoms with Crippen molar-refractivity contribution in [1.82, 2.24) is 4.90 Å². The van der Waals surface area contributed by atoms with Gasteiger partial charge < -0.3 is 19.9 Å². The number of nitrogens with one attached hydrogen (secondary N) is 2. The summed E-state index contributed by atoms with van der Waals surface area (Å²) in [7, 11) is 2.13. The average molecular weight is 368 g/mol. The van der Waals surface area contributed by atoms with Crippen molar-refractivity contribution >= 4 is 17.5 Å². The minimum absolute atomic E-state index is 0.0370. The highest BCUT2D eigenvalue weighted by atomic mass is 16.5. The first kappa shape index (κ1) is 18.9. The van der Waals surface area contributed by atoms with Gasteiger partial charge in [-0.3, -0.25) is 9.59 Å². The van der Waals surface area contributed by atoms with Crippen LogP contribution in [0.1, 0.15) is 27.6 Å². The lowest BCUT2D eigenvalue weighted by atomic mass is 10.1. The van der Waals surface area contributed by atoms with Crippen molar-refractivity contribution < 1.29 is 19.2 Å². The van der Waals surface area contributed by atoms with Crippen molar-refractivity contribution in [2.45, 2.75) is 6.92 Å². The number of likely N-dealkylation sites (N-methyl/N-ethyl adjacent to an activating group) is 1. The van der Waals surface area contributed by atoms with Crippen LogP contribution in [0.3, 0.4) is 0 Å². The number of hydrogen-bond donors (Lipinski definition) is 2. The van der Waals surface area contributed by atoms with Crippen LogP contribution in [0.4, 0.5) is 5.69 Å². The van der Waals surface area contributed by atoms with Crippen LogP contribution < -0.4 is 15.0 Å². The van der Waals surface area contributed by atoms with Gasteiger partial charge in [-0.1, -0.05) is 12.1 Å². The number of amides is 2. The number of para-hydroxylation sites is 1. The van der Waals surface area contributed by atoms with E-state index in [0.717, 1.165) is 31.9 Å². The number of nitrogens with zero attached hydrogens (tertiary/aromatic N) is 1. The zero-order valence-corrected chi connectivity index (χ0v) is 15.8. The fourth-order valence-electron chi connectivity index (χ4n) is 3.10. The molecule has 1 saturated heterocycles. The Hall–Kier alpha value is -2.86. The average Bonchev–Trinajstić information content (AvgIpc) is 2.69. The lowest BCUT2D eigenvalue weighted by molar-refractivity contribution is -0.883. The second-order valence-corrected chi connectivity index (χ2v) is 6.71. The zero-order valence-electron chi connectivity index (χ0n) is 15.8. The molecular weight excluding hydrogens is 342 g/mol. The predicted molar refractivity (Wildman–Crippen MR) is 105 cm³/mol. The van der Waals surface area contributed by atoms with Gasteiger partial charge in [0.1, 0.15) is 5.75 Å². The topological polar surface area (TPSA) is 63.1 Å². The number of carbonyl (C=O) groups is 2. The number of piperazine rings is 1. The maximum absolute atomic E-state index is 12.9. The predicted octanol–water partition coefficient (Wildman–Crippen LogP) is 1.31. The third-order valence-electron chi connectivity index (χ3n) is 4.74. The van der Waals surface area contributed by atoms with Crippen LogP contribution in [0.5, 0.6) is 5.75 Å². The minimum Gasteiger partial charge on any atom is -0.494 e. The number of rotatable bonds is 5. The summed E-state index contributed by atoms with van der Waals surface area (Å²) in [5.74, 6) is 0.438. The molecular formula is C21H26N3O3+. The number of benzene rings is 2. The monoisotopic (exact) mass is 368 g/mol.